The third kappa shape index (κ3) is 10.5. The molecule has 11 heavy (non-hydrogen) atoms. The van der Waals surface area contributed by atoms with Crippen molar-refractivity contribution in [1.29, 1.82) is 0 Å². The fraction of sp³-hybridized carbons (Fsp3) is 0.667. The van der Waals surface area contributed by atoms with Gasteiger partial charge in [-0.05, 0) is 6.92 Å². The Morgan fingerprint density at radius 3 is 2.27 bits per heavy atom. The molecule has 1 atom stereocenters. The topological polar surface area (TPSA) is 57.2 Å². The van der Waals surface area contributed by atoms with E-state index in [1.807, 2.05) is 0 Å². The van der Waals surface area contributed by atoms with Gasteiger partial charge in [0.05, 0.1) is 15.9 Å². The van der Waals surface area contributed by atoms with Gasteiger partial charge in [0, 0.05) is 5.92 Å². The van der Waals surface area contributed by atoms with Gasteiger partial charge in [0.25, 0.3) is 0 Å². The Kier molecular flexibility index (Phi) is 7.70. The van der Waals surface area contributed by atoms with Crippen LogP contribution in [0.3, 0.4) is 0 Å². The second-order valence-corrected chi connectivity index (χ2v) is 3.47. The molecular formula is C6H9NaO3S. The minimum absolute atomic E-state index is 0. The Bertz CT molecular complexity index is 247. The summed E-state index contributed by atoms with van der Waals surface area (Å²) in [5.41, 5.74) is 0. The normalized spacial score (nSPS) is 12.3. The second-order valence-electron chi connectivity index (χ2n) is 2.02. The van der Waals surface area contributed by atoms with E-state index in [2.05, 4.69) is 11.8 Å². The molecule has 0 aliphatic rings. The molecule has 0 rings (SSSR count). The van der Waals surface area contributed by atoms with E-state index >= 15 is 0 Å². The van der Waals surface area contributed by atoms with E-state index in [-0.39, 0.29) is 35.5 Å². The molecule has 0 N–H and O–H groups in total. The molecule has 1 unspecified atom stereocenters. The van der Waals surface area contributed by atoms with Crippen LogP contribution in [0.5, 0.6) is 0 Å². The summed E-state index contributed by atoms with van der Waals surface area (Å²) in [4.78, 5) is 0. The molecule has 0 saturated carbocycles. The van der Waals surface area contributed by atoms with E-state index in [4.69, 9.17) is 0 Å². The van der Waals surface area contributed by atoms with Crippen LogP contribution < -0.4 is 29.6 Å². The fourth-order valence-corrected chi connectivity index (χ4v) is 1.29. The first-order valence-electron chi connectivity index (χ1n) is 2.81. The Morgan fingerprint density at radius 2 is 2.00 bits per heavy atom. The van der Waals surface area contributed by atoms with Crippen molar-refractivity contribution in [3.05, 3.63) is 0 Å². The molecule has 0 aromatic carbocycles. The Balaban J connectivity index is 0. The predicted molar refractivity (Wildman–Crippen MR) is 37.2 cm³/mol. The summed E-state index contributed by atoms with van der Waals surface area (Å²) < 4.78 is 30.3. The number of hydrogen-bond acceptors (Lipinski definition) is 3. The fourth-order valence-electron chi connectivity index (χ4n) is 0.594. The minimum atomic E-state index is -4.10. The zero-order chi connectivity index (χ0) is 8.20. The van der Waals surface area contributed by atoms with Crippen molar-refractivity contribution in [2.75, 3.05) is 5.75 Å². The van der Waals surface area contributed by atoms with Crippen LogP contribution in [0.25, 0.3) is 0 Å². The third-order valence-electron chi connectivity index (χ3n) is 0.845. The Labute approximate surface area is 89.6 Å². The molecule has 0 aromatic rings. The van der Waals surface area contributed by atoms with Crippen molar-refractivity contribution in [2.45, 2.75) is 13.8 Å². The molecule has 58 valence electrons. The average molecular weight is 184 g/mol. The quantitative estimate of drug-likeness (QED) is 0.264. The first kappa shape index (κ1) is 14.0. The molecule has 0 saturated heterocycles. The van der Waals surface area contributed by atoms with Crippen molar-refractivity contribution < 1.29 is 42.5 Å². The maximum absolute atomic E-state index is 10.1. The van der Waals surface area contributed by atoms with Gasteiger partial charge in [-0.1, -0.05) is 12.8 Å². The van der Waals surface area contributed by atoms with E-state index in [0.29, 0.717) is 0 Å². The molecule has 0 spiro atoms. The van der Waals surface area contributed by atoms with E-state index < -0.39 is 15.9 Å². The van der Waals surface area contributed by atoms with Crippen LogP contribution in [0.4, 0.5) is 0 Å². The summed E-state index contributed by atoms with van der Waals surface area (Å²) in [6.45, 7) is 3.21. The second kappa shape index (κ2) is 6.04. The van der Waals surface area contributed by atoms with E-state index in [9.17, 15) is 13.0 Å². The van der Waals surface area contributed by atoms with Crippen LogP contribution >= 0.6 is 0 Å². The molecule has 0 aromatic heterocycles. The SMILES string of the molecule is CC#CC(C)CS(=O)(=O)[O-].[Na+]. The zero-order valence-corrected chi connectivity index (χ0v) is 9.73. The van der Waals surface area contributed by atoms with E-state index in [1.165, 1.54) is 0 Å². The molecule has 0 amide bonds. The monoisotopic (exact) mass is 184 g/mol. The van der Waals surface area contributed by atoms with Gasteiger partial charge in [0.1, 0.15) is 0 Å². The molecule has 5 heteroatoms. The van der Waals surface area contributed by atoms with Gasteiger partial charge in [0.15, 0.2) is 0 Å². The number of rotatable bonds is 2. The van der Waals surface area contributed by atoms with Crippen molar-refractivity contribution in [3.8, 4) is 11.8 Å². The number of hydrogen-bond donors (Lipinski definition) is 0. The zero-order valence-electron chi connectivity index (χ0n) is 6.92. The van der Waals surface area contributed by atoms with Crippen LogP contribution in [0.1, 0.15) is 13.8 Å². The average Bonchev–Trinajstić information content (AvgIpc) is 1.59. The van der Waals surface area contributed by atoms with Crippen molar-refractivity contribution in [1.82, 2.24) is 0 Å². The van der Waals surface area contributed by atoms with Gasteiger partial charge in [-0.2, -0.15) is 0 Å². The Morgan fingerprint density at radius 1 is 1.55 bits per heavy atom. The standard InChI is InChI=1S/C6H10O3S.Na/c1-3-4-6(2)5-10(7,8)9;/h6H,5H2,1-2H3,(H,7,8,9);/q;+1/p-1. The van der Waals surface area contributed by atoms with Crippen molar-refractivity contribution in [2.24, 2.45) is 5.92 Å². The summed E-state index contributed by atoms with van der Waals surface area (Å²) in [5, 5.41) is 0. The van der Waals surface area contributed by atoms with Crippen LogP contribution in [0.15, 0.2) is 0 Å². The van der Waals surface area contributed by atoms with Gasteiger partial charge < -0.3 is 4.55 Å². The molecule has 0 heterocycles. The summed E-state index contributed by atoms with van der Waals surface area (Å²) in [5.74, 6) is 4.36. The predicted octanol–water partition coefficient (Wildman–Crippen LogP) is -2.80. The van der Waals surface area contributed by atoms with E-state index in [0.717, 1.165) is 0 Å². The largest absolute Gasteiger partial charge is 1.00 e. The van der Waals surface area contributed by atoms with Gasteiger partial charge in [-0.25, -0.2) is 8.42 Å². The summed E-state index contributed by atoms with van der Waals surface area (Å²) in [6, 6.07) is 0. The summed E-state index contributed by atoms with van der Waals surface area (Å²) >= 11 is 0. The van der Waals surface area contributed by atoms with Crippen molar-refractivity contribution >= 4 is 10.1 Å². The summed E-state index contributed by atoms with van der Waals surface area (Å²) in [7, 11) is -4.10. The van der Waals surface area contributed by atoms with Crippen LogP contribution in [-0.4, -0.2) is 18.7 Å². The first-order valence-corrected chi connectivity index (χ1v) is 4.39. The van der Waals surface area contributed by atoms with Gasteiger partial charge in [0.2, 0.25) is 0 Å². The smallest absolute Gasteiger partial charge is 0.748 e. The van der Waals surface area contributed by atoms with Gasteiger partial charge >= 0.3 is 29.6 Å². The molecule has 0 radical (unpaired) electrons. The molecule has 0 aliphatic heterocycles. The molecule has 3 nitrogen and oxygen atoms in total. The summed E-state index contributed by atoms with van der Waals surface area (Å²) in [6.07, 6.45) is 0. The van der Waals surface area contributed by atoms with Gasteiger partial charge in [-0.3, -0.25) is 0 Å². The van der Waals surface area contributed by atoms with Crippen LogP contribution in [0.2, 0.25) is 0 Å². The van der Waals surface area contributed by atoms with Gasteiger partial charge in [-0.15, -0.1) is 5.92 Å². The molecule has 0 fully saturated rings. The van der Waals surface area contributed by atoms with Crippen LogP contribution in [0, 0.1) is 17.8 Å². The minimum Gasteiger partial charge on any atom is -0.748 e. The molecular weight excluding hydrogens is 175 g/mol. The Hall–Kier alpha value is 0.470. The van der Waals surface area contributed by atoms with Crippen molar-refractivity contribution in [3.63, 3.8) is 0 Å². The first-order chi connectivity index (χ1) is 4.45. The third-order valence-corrected chi connectivity index (χ3v) is 1.75. The van der Waals surface area contributed by atoms with Crippen LogP contribution in [-0.2, 0) is 10.1 Å². The maximum Gasteiger partial charge on any atom is 1.00 e. The molecule has 0 aliphatic carbocycles. The maximum atomic E-state index is 10.1. The molecule has 0 bridgehead atoms. The van der Waals surface area contributed by atoms with E-state index in [1.54, 1.807) is 13.8 Å².